The van der Waals surface area contributed by atoms with Crippen molar-refractivity contribution in [3.8, 4) is 5.75 Å². The Labute approximate surface area is 179 Å². The zero-order valence-corrected chi connectivity index (χ0v) is 17.4. The van der Waals surface area contributed by atoms with Crippen LogP contribution in [0.5, 0.6) is 5.75 Å². The summed E-state index contributed by atoms with van der Waals surface area (Å²) in [6.07, 6.45) is 0. The van der Waals surface area contributed by atoms with Gasteiger partial charge in [-0.05, 0) is 54.1 Å². The van der Waals surface area contributed by atoms with Gasteiger partial charge in [0.2, 0.25) is 0 Å². The number of hydrogen-bond acceptors (Lipinski definition) is 6. The molecule has 31 heavy (non-hydrogen) atoms. The predicted molar refractivity (Wildman–Crippen MR) is 117 cm³/mol. The molecule has 0 atom stereocenters. The van der Waals surface area contributed by atoms with Crippen molar-refractivity contribution >= 4 is 32.7 Å². The van der Waals surface area contributed by atoms with E-state index < -0.39 is 10.0 Å². The van der Waals surface area contributed by atoms with E-state index in [1.165, 1.54) is 31.4 Å². The quantitative estimate of drug-likeness (QED) is 0.449. The van der Waals surface area contributed by atoms with Crippen molar-refractivity contribution in [1.29, 1.82) is 0 Å². The standard InChI is InChI=1S/C22H19FN4O3S/c1-30-17-10-12-18(13-11-17)31(28,29)27-22-21(24-14-15-6-8-16(23)9-7-15)25-19-4-2-3-5-20(19)26-22/h2-13H,14H2,1H3,(H,24,25)(H,26,27). The van der Waals surface area contributed by atoms with Crippen molar-refractivity contribution in [2.24, 2.45) is 0 Å². The number of ether oxygens (including phenoxy) is 1. The molecule has 0 aliphatic rings. The first-order valence-corrected chi connectivity index (χ1v) is 10.8. The van der Waals surface area contributed by atoms with E-state index in [1.807, 2.05) is 6.07 Å². The summed E-state index contributed by atoms with van der Waals surface area (Å²) in [5, 5.41) is 3.09. The summed E-state index contributed by atoms with van der Waals surface area (Å²) in [4.78, 5) is 9.03. The SMILES string of the molecule is COc1ccc(S(=O)(=O)Nc2nc3ccccc3nc2NCc2ccc(F)cc2)cc1. The van der Waals surface area contributed by atoms with E-state index in [0.29, 0.717) is 23.3 Å². The van der Waals surface area contributed by atoms with Crippen LogP contribution in [0.25, 0.3) is 11.0 Å². The van der Waals surface area contributed by atoms with Crippen LogP contribution in [0.1, 0.15) is 5.56 Å². The minimum absolute atomic E-state index is 0.0627. The zero-order valence-electron chi connectivity index (χ0n) is 16.5. The van der Waals surface area contributed by atoms with E-state index in [2.05, 4.69) is 20.0 Å². The summed E-state index contributed by atoms with van der Waals surface area (Å²) >= 11 is 0. The van der Waals surface area contributed by atoms with Crippen molar-refractivity contribution in [3.63, 3.8) is 0 Å². The second kappa shape index (κ2) is 8.57. The molecule has 9 heteroatoms. The van der Waals surface area contributed by atoms with E-state index in [0.717, 1.165) is 5.56 Å². The van der Waals surface area contributed by atoms with Gasteiger partial charge in [0.25, 0.3) is 10.0 Å². The molecule has 0 saturated carbocycles. The average Bonchev–Trinajstić information content (AvgIpc) is 2.78. The number of rotatable bonds is 7. The Balaban J connectivity index is 1.67. The Kier molecular flexibility index (Phi) is 5.68. The van der Waals surface area contributed by atoms with Gasteiger partial charge >= 0.3 is 0 Å². The number of fused-ring (bicyclic) bond motifs is 1. The fourth-order valence-corrected chi connectivity index (χ4v) is 3.93. The Bertz CT molecular complexity index is 1310. The number of para-hydroxylation sites is 2. The number of halogens is 1. The van der Waals surface area contributed by atoms with Crippen LogP contribution in [0.2, 0.25) is 0 Å². The number of methoxy groups -OCH3 is 1. The molecular formula is C22H19FN4O3S. The van der Waals surface area contributed by atoms with E-state index in [9.17, 15) is 12.8 Å². The largest absolute Gasteiger partial charge is 0.497 e. The van der Waals surface area contributed by atoms with Crippen molar-refractivity contribution in [2.45, 2.75) is 11.4 Å². The predicted octanol–water partition coefficient (Wildman–Crippen LogP) is 4.19. The topological polar surface area (TPSA) is 93.2 Å². The molecule has 0 radical (unpaired) electrons. The van der Waals surface area contributed by atoms with E-state index in [1.54, 1.807) is 42.5 Å². The molecule has 4 rings (SSSR count). The number of anilines is 2. The lowest BCUT2D eigenvalue weighted by Gasteiger charge is -2.14. The molecule has 0 fully saturated rings. The molecule has 0 saturated heterocycles. The number of nitrogens with zero attached hydrogens (tertiary/aromatic N) is 2. The summed E-state index contributed by atoms with van der Waals surface area (Å²) < 4.78 is 46.6. The highest BCUT2D eigenvalue weighted by Gasteiger charge is 2.19. The van der Waals surface area contributed by atoms with E-state index >= 15 is 0 Å². The van der Waals surface area contributed by atoms with Crippen LogP contribution in [-0.2, 0) is 16.6 Å². The van der Waals surface area contributed by atoms with Gasteiger partial charge in [0.1, 0.15) is 11.6 Å². The highest BCUT2D eigenvalue weighted by atomic mass is 32.2. The number of aromatic nitrogens is 2. The number of sulfonamides is 1. The summed E-state index contributed by atoms with van der Waals surface area (Å²) in [6, 6.07) is 19.2. The van der Waals surface area contributed by atoms with Crippen LogP contribution in [0, 0.1) is 5.82 Å². The Morgan fingerprint density at radius 2 is 1.48 bits per heavy atom. The van der Waals surface area contributed by atoms with Gasteiger partial charge in [-0.3, -0.25) is 4.72 Å². The van der Waals surface area contributed by atoms with Gasteiger partial charge in [-0.15, -0.1) is 0 Å². The normalized spacial score (nSPS) is 11.3. The van der Waals surface area contributed by atoms with Gasteiger partial charge in [-0.25, -0.2) is 22.8 Å². The molecule has 0 unspecified atom stereocenters. The lowest BCUT2D eigenvalue weighted by Crippen LogP contribution is -2.16. The average molecular weight is 438 g/mol. The Hall–Kier alpha value is -3.72. The van der Waals surface area contributed by atoms with Crippen LogP contribution in [0.3, 0.4) is 0 Å². The van der Waals surface area contributed by atoms with Crippen LogP contribution in [0.4, 0.5) is 16.0 Å². The molecule has 2 N–H and O–H groups in total. The monoisotopic (exact) mass is 438 g/mol. The molecule has 1 aromatic heterocycles. The Morgan fingerprint density at radius 3 is 2.10 bits per heavy atom. The maximum Gasteiger partial charge on any atom is 0.263 e. The maximum atomic E-state index is 13.2. The minimum atomic E-state index is -3.92. The number of nitrogens with one attached hydrogen (secondary N) is 2. The summed E-state index contributed by atoms with van der Waals surface area (Å²) in [5.74, 6) is 0.546. The third-order valence-corrected chi connectivity index (χ3v) is 5.90. The van der Waals surface area contributed by atoms with Crippen molar-refractivity contribution in [3.05, 3.63) is 84.2 Å². The third kappa shape index (κ3) is 4.72. The molecule has 0 aliphatic heterocycles. The molecule has 7 nitrogen and oxygen atoms in total. The first kappa shape index (κ1) is 20.5. The summed E-state index contributed by atoms with van der Waals surface area (Å²) in [6.45, 7) is 0.310. The maximum absolute atomic E-state index is 13.2. The molecule has 0 spiro atoms. The molecule has 158 valence electrons. The van der Waals surface area contributed by atoms with Gasteiger partial charge in [0.15, 0.2) is 11.6 Å². The second-order valence-electron chi connectivity index (χ2n) is 6.67. The zero-order chi connectivity index (χ0) is 21.8. The first-order chi connectivity index (χ1) is 14.9. The van der Waals surface area contributed by atoms with Crippen LogP contribution < -0.4 is 14.8 Å². The first-order valence-electron chi connectivity index (χ1n) is 9.36. The van der Waals surface area contributed by atoms with Crippen LogP contribution in [-0.4, -0.2) is 25.5 Å². The van der Waals surface area contributed by atoms with Gasteiger partial charge in [-0.1, -0.05) is 24.3 Å². The van der Waals surface area contributed by atoms with Crippen LogP contribution in [0.15, 0.2) is 77.7 Å². The van der Waals surface area contributed by atoms with E-state index in [4.69, 9.17) is 4.74 Å². The summed E-state index contributed by atoms with van der Waals surface area (Å²) in [7, 11) is -2.41. The molecule has 0 aliphatic carbocycles. The Morgan fingerprint density at radius 1 is 0.871 bits per heavy atom. The van der Waals surface area contributed by atoms with Crippen molar-refractivity contribution < 1.29 is 17.5 Å². The van der Waals surface area contributed by atoms with Gasteiger partial charge in [-0.2, -0.15) is 0 Å². The molecule has 3 aromatic carbocycles. The van der Waals surface area contributed by atoms with Gasteiger partial charge in [0, 0.05) is 6.54 Å². The molecular weight excluding hydrogens is 419 g/mol. The lowest BCUT2D eigenvalue weighted by atomic mass is 10.2. The summed E-state index contributed by atoms with van der Waals surface area (Å²) in [5.41, 5.74) is 1.96. The highest BCUT2D eigenvalue weighted by molar-refractivity contribution is 7.92. The van der Waals surface area contributed by atoms with Crippen molar-refractivity contribution in [2.75, 3.05) is 17.1 Å². The fourth-order valence-electron chi connectivity index (χ4n) is 2.92. The highest BCUT2D eigenvalue weighted by Crippen LogP contribution is 2.25. The molecule has 0 amide bonds. The van der Waals surface area contributed by atoms with Crippen LogP contribution >= 0.6 is 0 Å². The van der Waals surface area contributed by atoms with Crippen molar-refractivity contribution in [1.82, 2.24) is 9.97 Å². The lowest BCUT2D eigenvalue weighted by molar-refractivity contribution is 0.414. The number of hydrogen-bond donors (Lipinski definition) is 2. The minimum Gasteiger partial charge on any atom is -0.497 e. The van der Waals surface area contributed by atoms with Gasteiger partial charge in [0.05, 0.1) is 23.0 Å². The fraction of sp³-hybridized carbons (Fsp3) is 0.0909. The third-order valence-electron chi connectivity index (χ3n) is 4.54. The smallest absolute Gasteiger partial charge is 0.263 e. The molecule has 4 aromatic rings. The second-order valence-corrected chi connectivity index (χ2v) is 8.35. The number of benzene rings is 3. The van der Waals surface area contributed by atoms with E-state index in [-0.39, 0.29) is 22.3 Å². The molecule has 1 heterocycles. The molecule has 0 bridgehead atoms. The van der Waals surface area contributed by atoms with Gasteiger partial charge < -0.3 is 10.1 Å².